The van der Waals surface area contributed by atoms with Crippen molar-refractivity contribution >= 4 is 17.6 Å². The van der Waals surface area contributed by atoms with E-state index in [0.717, 1.165) is 6.42 Å². The third-order valence-corrected chi connectivity index (χ3v) is 3.88. The SMILES string of the molecule is C[C@@H]1C[C@H]1N1C[C@H](NC(=O)Nc2cccnc2)CC1=O. The fourth-order valence-electron chi connectivity index (χ4n) is 2.67. The summed E-state index contributed by atoms with van der Waals surface area (Å²) < 4.78 is 0. The fourth-order valence-corrected chi connectivity index (χ4v) is 2.67. The molecule has 1 saturated carbocycles. The summed E-state index contributed by atoms with van der Waals surface area (Å²) in [5.41, 5.74) is 0.641. The molecule has 2 fully saturated rings. The van der Waals surface area contributed by atoms with E-state index in [-0.39, 0.29) is 18.0 Å². The second kappa shape index (κ2) is 5.11. The summed E-state index contributed by atoms with van der Waals surface area (Å²) >= 11 is 0. The van der Waals surface area contributed by atoms with Gasteiger partial charge in [-0.25, -0.2) is 4.79 Å². The Balaban J connectivity index is 1.51. The first-order valence-corrected chi connectivity index (χ1v) is 6.90. The van der Waals surface area contributed by atoms with Gasteiger partial charge in [0.2, 0.25) is 5.91 Å². The van der Waals surface area contributed by atoms with Gasteiger partial charge in [-0.05, 0) is 24.5 Å². The number of likely N-dealkylation sites (tertiary alicyclic amines) is 1. The van der Waals surface area contributed by atoms with Gasteiger partial charge in [-0.15, -0.1) is 0 Å². The lowest BCUT2D eigenvalue weighted by Gasteiger charge is -2.17. The molecular formula is C14H18N4O2. The smallest absolute Gasteiger partial charge is 0.319 e. The van der Waals surface area contributed by atoms with E-state index in [2.05, 4.69) is 22.5 Å². The topological polar surface area (TPSA) is 74.3 Å². The molecule has 0 aromatic carbocycles. The number of aromatic nitrogens is 1. The van der Waals surface area contributed by atoms with Gasteiger partial charge in [0.25, 0.3) is 0 Å². The lowest BCUT2D eigenvalue weighted by Crippen LogP contribution is -2.40. The lowest BCUT2D eigenvalue weighted by molar-refractivity contribution is -0.128. The van der Waals surface area contributed by atoms with Crippen molar-refractivity contribution in [3.63, 3.8) is 0 Å². The van der Waals surface area contributed by atoms with Gasteiger partial charge in [-0.2, -0.15) is 0 Å². The van der Waals surface area contributed by atoms with Gasteiger partial charge in [-0.1, -0.05) is 6.92 Å². The number of nitrogens with zero attached hydrogens (tertiary/aromatic N) is 2. The van der Waals surface area contributed by atoms with Gasteiger partial charge in [0.15, 0.2) is 0 Å². The minimum atomic E-state index is -0.290. The maximum Gasteiger partial charge on any atom is 0.319 e. The Morgan fingerprint density at radius 2 is 2.30 bits per heavy atom. The summed E-state index contributed by atoms with van der Waals surface area (Å²) in [6, 6.07) is 3.51. The van der Waals surface area contributed by atoms with Crippen LogP contribution in [0.2, 0.25) is 0 Å². The highest BCUT2D eigenvalue weighted by Crippen LogP contribution is 2.37. The van der Waals surface area contributed by atoms with Crippen molar-refractivity contribution in [2.45, 2.75) is 31.8 Å². The molecule has 2 heterocycles. The molecule has 0 spiro atoms. The number of pyridine rings is 1. The van der Waals surface area contributed by atoms with Crippen molar-refractivity contribution in [2.24, 2.45) is 5.92 Å². The Morgan fingerprint density at radius 3 is 2.95 bits per heavy atom. The zero-order valence-corrected chi connectivity index (χ0v) is 11.4. The Labute approximate surface area is 117 Å². The summed E-state index contributed by atoms with van der Waals surface area (Å²) in [6.07, 6.45) is 4.70. The molecule has 1 saturated heterocycles. The summed E-state index contributed by atoms with van der Waals surface area (Å²) in [6.45, 7) is 2.77. The second-order valence-electron chi connectivity index (χ2n) is 5.57. The first-order chi connectivity index (χ1) is 9.63. The van der Waals surface area contributed by atoms with E-state index in [9.17, 15) is 9.59 Å². The highest BCUT2D eigenvalue weighted by molar-refractivity contribution is 5.90. The molecule has 20 heavy (non-hydrogen) atoms. The number of nitrogens with one attached hydrogen (secondary N) is 2. The molecular weight excluding hydrogens is 256 g/mol. The van der Waals surface area contributed by atoms with Crippen LogP contribution in [-0.4, -0.2) is 40.5 Å². The number of rotatable bonds is 3. The number of hydrogen-bond donors (Lipinski definition) is 2. The van der Waals surface area contributed by atoms with E-state index >= 15 is 0 Å². The molecule has 2 N–H and O–H groups in total. The third-order valence-electron chi connectivity index (χ3n) is 3.88. The quantitative estimate of drug-likeness (QED) is 0.870. The minimum Gasteiger partial charge on any atom is -0.337 e. The van der Waals surface area contributed by atoms with Gasteiger partial charge >= 0.3 is 6.03 Å². The summed E-state index contributed by atoms with van der Waals surface area (Å²) in [5.74, 6) is 0.743. The highest BCUT2D eigenvalue weighted by atomic mass is 16.2. The number of carbonyl (C=O) groups excluding carboxylic acids is 2. The third kappa shape index (κ3) is 2.74. The number of urea groups is 1. The summed E-state index contributed by atoms with van der Waals surface area (Å²) in [5, 5.41) is 5.55. The molecule has 6 heteroatoms. The maximum atomic E-state index is 11.9. The van der Waals surface area contributed by atoms with Crippen molar-refractivity contribution in [3.05, 3.63) is 24.5 Å². The number of amides is 3. The van der Waals surface area contributed by atoms with Crippen LogP contribution in [0.4, 0.5) is 10.5 Å². The first kappa shape index (κ1) is 12.9. The van der Waals surface area contributed by atoms with Crippen LogP contribution in [0, 0.1) is 5.92 Å². The minimum absolute atomic E-state index is 0.105. The molecule has 0 bridgehead atoms. The summed E-state index contributed by atoms with van der Waals surface area (Å²) in [4.78, 5) is 29.6. The Kier molecular flexibility index (Phi) is 3.30. The second-order valence-corrected chi connectivity index (χ2v) is 5.57. The summed E-state index contributed by atoms with van der Waals surface area (Å²) in [7, 11) is 0. The van der Waals surface area contributed by atoms with Gasteiger partial charge in [0.05, 0.1) is 17.9 Å². The van der Waals surface area contributed by atoms with Crippen LogP contribution in [0.3, 0.4) is 0 Å². The van der Waals surface area contributed by atoms with Crippen LogP contribution in [0.5, 0.6) is 0 Å². The van der Waals surface area contributed by atoms with E-state index in [4.69, 9.17) is 0 Å². The molecule has 1 aromatic rings. The van der Waals surface area contributed by atoms with Crippen molar-refractivity contribution in [2.75, 3.05) is 11.9 Å². The molecule has 3 atom stereocenters. The molecule has 106 valence electrons. The monoisotopic (exact) mass is 274 g/mol. The Morgan fingerprint density at radius 1 is 1.50 bits per heavy atom. The van der Waals surface area contributed by atoms with Crippen molar-refractivity contribution in [3.8, 4) is 0 Å². The molecule has 1 aliphatic heterocycles. The van der Waals surface area contributed by atoms with Gasteiger partial charge in [0.1, 0.15) is 0 Å². The van der Waals surface area contributed by atoms with Crippen LogP contribution >= 0.6 is 0 Å². The molecule has 6 nitrogen and oxygen atoms in total. The molecule has 3 amide bonds. The van der Waals surface area contributed by atoms with Crippen LogP contribution in [-0.2, 0) is 4.79 Å². The highest BCUT2D eigenvalue weighted by Gasteiger charge is 2.44. The molecule has 1 aliphatic carbocycles. The number of carbonyl (C=O) groups is 2. The van der Waals surface area contributed by atoms with Gasteiger partial charge < -0.3 is 15.5 Å². The van der Waals surface area contributed by atoms with E-state index in [0.29, 0.717) is 30.6 Å². The predicted octanol–water partition coefficient (Wildman–Crippen LogP) is 1.21. The average Bonchev–Trinajstić information content (AvgIpc) is 3.02. The average molecular weight is 274 g/mol. The molecule has 3 rings (SSSR count). The van der Waals surface area contributed by atoms with Crippen molar-refractivity contribution in [1.29, 1.82) is 0 Å². The van der Waals surface area contributed by atoms with Crippen LogP contribution in [0.25, 0.3) is 0 Å². The maximum absolute atomic E-state index is 11.9. The van der Waals surface area contributed by atoms with Crippen LogP contribution in [0.1, 0.15) is 19.8 Å². The van der Waals surface area contributed by atoms with Crippen molar-refractivity contribution < 1.29 is 9.59 Å². The molecule has 2 aliphatic rings. The van der Waals surface area contributed by atoms with E-state index in [1.807, 2.05) is 4.90 Å². The largest absolute Gasteiger partial charge is 0.337 e. The Bertz CT molecular complexity index is 519. The number of anilines is 1. The normalized spacial score (nSPS) is 28.4. The molecule has 0 unspecified atom stereocenters. The predicted molar refractivity (Wildman–Crippen MR) is 74.1 cm³/mol. The van der Waals surface area contributed by atoms with Gasteiger partial charge in [-0.3, -0.25) is 9.78 Å². The van der Waals surface area contributed by atoms with E-state index in [1.54, 1.807) is 24.5 Å². The zero-order chi connectivity index (χ0) is 14.1. The first-order valence-electron chi connectivity index (χ1n) is 6.90. The Hall–Kier alpha value is -2.11. The van der Waals surface area contributed by atoms with E-state index < -0.39 is 0 Å². The van der Waals surface area contributed by atoms with Gasteiger partial charge in [0, 0.05) is 25.2 Å². The van der Waals surface area contributed by atoms with Crippen molar-refractivity contribution in [1.82, 2.24) is 15.2 Å². The lowest BCUT2D eigenvalue weighted by atomic mass is 10.2. The van der Waals surface area contributed by atoms with Crippen LogP contribution < -0.4 is 10.6 Å². The zero-order valence-electron chi connectivity index (χ0n) is 11.4. The van der Waals surface area contributed by atoms with Crippen LogP contribution in [0.15, 0.2) is 24.5 Å². The molecule has 1 aromatic heterocycles. The fraction of sp³-hybridized carbons (Fsp3) is 0.500. The molecule has 0 radical (unpaired) electrons. The standard InChI is InChI=1S/C14H18N4O2/c1-9-5-12(9)18-8-11(6-13(18)19)17-14(20)16-10-3-2-4-15-7-10/h2-4,7,9,11-12H,5-6,8H2,1H3,(H2,16,17,20)/t9-,11-,12-/m1/s1. The number of hydrogen-bond acceptors (Lipinski definition) is 3. The van der Waals surface area contributed by atoms with E-state index in [1.165, 1.54) is 0 Å².